The molecule has 0 spiro atoms. The minimum atomic E-state index is -3.59. The number of aryl methyl sites for hydroxylation is 1. The Hall–Kier alpha value is -1.17. The van der Waals surface area contributed by atoms with E-state index < -0.39 is 26.0 Å². The number of halogens is 2. The van der Waals surface area contributed by atoms with Gasteiger partial charge in [0.05, 0.1) is 26.7 Å². The molecule has 1 aliphatic heterocycles. The second-order valence-electron chi connectivity index (χ2n) is 5.07. The molecule has 23 heavy (non-hydrogen) atoms. The van der Waals surface area contributed by atoms with E-state index in [2.05, 4.69) is 9.51 Å². The molecular formula is C15H22F2NO4P. The number of ether oxygens (including phenoxy) is 2. The molecule has 0 bridgehead atoms. The largest absolute Gasteiger partial charge is 0.461 e. The zero-order valence-electron chi connectivity index (χ0n) is 14.1. The summed E-state index contributed by atoms with van der Waals surface area (Å²) in [5, 5.41) is 0. The Bertz CT molecular complexity index is 579. The van der Waals surface area contributed by atoms with Crippen LogP contribution in [0.15, 0.2) is 6.20 Å². The summed E-state index contributed by atoms with van der Waals surface area (Å²) >= 11 is 0. The summed E-state index contributed by atoms with van der Waals surface area (Å²) in [4.78, 5) is 16.0. The second kappa shape index (κ2) is 7.60. The molecular weight excluding hydrogens is 327 g/mol. The predicted octanol–water partition coefficient (Wildman–Crippen LogP) is 4.08. The summed E-state index contributed by atoms with van der Waals surface area (Å²) < 4.78 is 43.0. The van der Waals surface area contributed by atoms with Crippen LogP contribution in [0, 0.1) is 6.92 Å². The summed E-state index contributed by atoms with van der Waals surface area (Å²) in [6.45, 7) is 9.10. The molecule has 1 aromatic rings. The number of Topliss-reactive ketones (excluding diaryl/α,β-unsaturated/α-hetero) is 1. The van der Waals surface area contributed by atoms with Crippen LogP contribution in [0.4, 0.5) is 8.78 Å². The zero-order chi connectivity index (χ0) is 17.8. The molecule has 0 amide bonds. The maximum absolute atomic E-state index is 13.8. The van der Waals surface area contributed by atoms with Crippen molar-refractivity contribution in [1.29, 1.82) is 0 Å². The Morgan fingerprint density at radius 1 is 1.43 bits per heavy atom. The van der Waals surface area contributed by atoms with Crippen LogP contribution in [0.1, 0.15) is 49.3 Å². The van der Waals surface area contributed by atoms with E-state index in [1.165, 1.54) is 0 Å². The van der Waals surface area contributed by atoms with Crippen molar-refractivity contribution in [3.63, 3.8) is 0 Å². The smallest absolute Gasteiger partial charge is 0.347 e. The molecule has 0 N–H and O–H groups in total. The van der Waals surface area contributed by atoms with E-state index >= 15 is 0 Å². The van der Waals surface area contributed by atoms with Crippen molar-refractivity contribution in [2.75, 3.05) is 7.11 Å². The molecule has 0 aromatic carbocycles. The van der Waals surface area contributed by atoms with E-state index in [1.54, 1.807) is 20.8 Å². The van der Waals surface area contributed by atoms with Crippen LogP contribution < -0.4 is 4.74 Å². The number of rotatable bonds is 4. The lowest BCUT2D eigenvalue weighted by Crippen LogP contribution is -2.37. The number of nitrogens with zero attached hydrogens (tertiary/aromatic N) is 1. The van der Waals surface area contributed by atoms with E-state index in [-0.39, 0.29) is 12.2 Å². The molecule has 2 heterocycles. The van der Waals surface area contributed by atoms with Crippen LogP contribution in [0.25, 0.3) is 0 Å². The van der Waals surface area contributed by atoms with Gasteiger partial charge < -0.3 is 14.0 Å². The monoisotopic (exact) mass is 349 g/mol. The lowest BCUT2D eigenvalue weighted by Gasteiger charge is -2.34. The Labute approximate surface area is 136 Å². The highest BCUT2D eigenvalue weighted by Crippen LogP contribution is 2.42. The van der Waals surface area contributed by atoms with Gasteiger partial charge in [-0.3, -0.25) is 9.78 Å². The first-order chi connectivity index (χ1) is 10.7. The third kappa shape index (κ3) is 4.43. The fraction of sp³-hybridized carbons (Fsp3) is 0.600. The van der Waals surface area contributed by atoms with Crippen LogP contribution in [0.3, 0.4) is 0 Å². The molecule has 1 atom stereocenters. The lowest BCUT2D eigenvalue weighted by molar-refractivity contribution is -0.180. The van der Waals surface area contributed by atoms with E-state index in [0.29, 0.717) is 17.0 Å². The molecule has 0 saturated heterocycles. The number of carbonyl (C=O) groups is 1. The number of carbonyl (C=O) groups excluding carboxylic acids is 1. The maximum atomic E-state index is 13.8. The molecule has 1 aliphatic rings. The Balaban J connectivity index is 0.00000127. The van der Waals surface area contributed by atoms with Gasteiger partial charge in [0.25, 0.3) is 0 Å². The quantitative estimate of drug-likeness (QED) is 0.606. The van der Waals surface area contributed by atoms with Crippen molar-refractivity contribution in [3.05, 3.63) is 23.0 Å². The van der Waals surface area contributed by atoms with Crippen molar-refractivity contribution >= 4 is 14.6 Å². The van der Waals surface area contributed by atoms with Crippen molar-refractivity contribution < 1.29 is 27.6 Å². The molecule has 1 aromatic heterocycles. The van der Waals surface area contributed by atoms with Crippen LogP contribution in [0.5, 0.6) is 5.75 Å². The van der Waals surface area contributed by atoms with Gasteiger partial charge >= 0.3 is 5.66 Å². The Morgan fingerprint density at radius 2 is 2.04 bits per heavy atom. The number of pyridine rings is 1. The van der Waals surface area contributed by atoms with Gasteiger partial charge in [0.2, 0.25) is 11.6 Å². The standard InChI is InChI=1S/C13H16F2NO4P.C2H6/c1-7-10-9(6-19-12(2,3)20-10)8(5-16-7)11(17)13(14,15)21-18-4;1-2/h5,21H,6H2,1-4H3;1-2H3. The molecule has 0 aliphatic carbocycles. The van der Waals surface area contributed by atoms with Crippen molar-refractivity contribution in [2.45, 2.75) is 52.7 Å². The number of hydrogen-bond acceptors (Lipinski definition) is 5. The van der Waals surface area contributed by atoms with Gasteiger partial charge in [-0.2, -0.15) is 8.78 Å². The molecule has 8 heteroatoms. The van der Waals surface area contributed by atoms with Crippen molar-refractivity contribution in [3.8, 4) is 5.75 Å². The van der Waals surface area contributed by atoms with Gasteiger partial charge in [0.1, 0.15) is 0 Å². The van der Waals surface area contributed by atoms with Crippen LogP contribution in [-0.4, -0.2) is 29.3 Å². The minimum absolute atomic E-state index is 0.0128. The van der Waals surface area contributed by atoms with E-state index in [1.807, 2.05) is 13.8 Å². The van der Waals surface area contributed by atoms with Crippen molar-refractivity contribution in [1.82, 2.24) is 4.98 Å². The predicted molar refractivity (Wildman–Crippen MR) is 84.4 cm³/mol. The molecule has 0 fully saturated rings. The number of ketones is 1. The minimum Gasteiger partial charge on any atom is -0.461 e. The van der Waals surface area contributed by atoms with Crippen molar-refractivity contribution in [2.24, 2.45) is 0 Å². The van der Waals surface area contributed by atoms with Gasteiger partial charge in [-0.15, -0.1) is 0 Å². The molecule has 0 saturated carbocycles. The number of alkyl halides is 2. The van der Waals surface area contributed by atoms with E-state index in [9.17, 15) is 13.6 Å². The van der Waals surface area contributed by atoms with Gasteiger partial charge in [0.15, 0.2) is 5.75 Å². The third-order valence-electron chi connectivity index (χ3n) is 2.99. The van der Waals surface area contributed by atoms with Gasteiger partial charge in [-0.05, 0) is 6.92 Å². The number of aromatic nitrogens is 1. The van der Waals surface area contributed by atoms with Gasteiger partial charge in [0, 0.05) is 32.7 Å². The average Bonchev–Trinajstić information content (AvgIpc) is 2.49. The van der Waals surface area contributed by atoms with Gasteiger partial charge in [-0.1, -0.05) is 13.8 Å². The highest BCUT2D eigenvalue weighted by Gasteiger charge is 2.43. The normalized spacial score (nSPS) is 16.3. The average molecular weight is 349 g/mol. The Morgan fingerprint density at radius 3 is 2.61 bits per heavy atom. The third-order valence-corrected chi connectivity index (χ3v) is 3.67. The molecule has 2 rings (SSSR count). The number of hydrogen-bond donors (Lipinski definition) is 0. The molecule has 5 nitrogen and oxygen atoms in total. The highest BCUT2D eigenvalue weighted by atomic mass is 31.1. The van der Waals surface area contributed by atoms with Crippen LogP contribution in [0.2, 0.25) is 0 Å². The Kier molecular flexibility index (Phi) is 6.57. The SMILES string of the molecule is CC.COPC(F)(F)C(=O)c1cnc(C)c2c1COC(C)(C)O2. The van der Waals surface area contributed by atoms with Gasteiger partial charge in [-0.25, -0.2) is 0 Å². The summed E-state index contributed by atoms with van der Waals surface area (Å²) in [6, 6.07) is 0. The summed E-state index contributed by atoms with van der Waals surface area (Å²) in [7, 11) is -0.123. The first kappa shape index (κ1) is 19.9. The highest BCUT2D eigenvalue weighted by molar-refractivity contribution is 7.35. The second-order valence-corrected chi connectivity index (χ2v) is 6.31. The first-order valence-corrected chi connectivity index (χ1v) is 8.13. The molecule has 0 radical (unpaired) electrons. The summed E-state index contributed by atoms with van der Waals surface area (Å²) in [5.41, 5.74) is -2.96. The fourth-order valence-electron chi connectivity index (χ4n) is 1.98. The summed E-state index contributed by atoms with van der Waals surface area (Å²) in [5.74, 6) is -1.90. The van der Waals surface area contributed by atoms with E-state index in [0.717, 1.165) is 13.3 Å². The fourth-order valence-corrected chi connectivity index (χ4v) is 2.46. The van der Waals surface area contributed by atoms with E-state index in [4.69, 9.17) is 9.47 Å². The maximum Gasteiger partial charge on any atom is 0.347 e. The van der Waals surface area contributed by atoms with Crippen LogP contribution >= 0.6 is 8.81 Å². The van der Waals surface area contributed by atoms with Crippen LogP contribution in [-0.2, 0) is 15.9 Å². The lowest BCUT2D eigenvalue weighted by atomic mass is 10.0. The molecule has 1 unspecified atom stereocenters. The zero-order valence-corrected chi connectivity index (χ0v) is 15.1. The number of fused-ring (bicyclic) bond motifs is 1. The first-order valence-electron chi connectivity index (χ1n) is 7.22. The molecule has 130 valence electrons. The topological polar surface area (TPSA) is 57.7 Å². The summed E-state index contributed by atoms with van der Waals surface area (Å²) in [6.07, 6.45) is 1.13.